The van der Waals surface area contributed by atoms with Gasteiger partial charge >= 0.3 is 0 Å². The molecule has 0 bridgehead atoms. The van der Waals surface area contributed by atoms with E-state index in [0.29, 0.717) is 24.6 Å². The lowest BCUT2D eigenvalue weighted by molar-refractivity contribution is 0.124. The summed E-state index contributed by atoms with van der Waals surface area (Å²) in [6.45, 7) is 3.16. The van der Waals surface area contributed by atoms with Gasteiger partial charge in [0.1, 0.15) is 11.5 Å². The monoisotopic (exact) mass is 486 g/mol. The van der Waals surface area contributed by atoms with Crippen molar-refractivity contribution in [2.75, 3.05) is 13.1 Å². The van der Waals surface area contributed by atoms with Gasteiger partial charge in [0.2, 0.25) is 0 Å². The second-order valence-electron chi connectivity index (χ2n) is 7.13. The van der Waals surface area contributed by atoms with Crippen LogP contribution in [0.25, 0.3) is 0 Å². The zero-order valence-electron chi connectivity index (χ0n) is 15.5. The summed E-state index contributed by atoms with van der Waals surface area (Å²) in [5.41, 5.74) is 3.10. The zero-order valence-corrected chi connectivity index (χ0v) is 17.7. The Bertz CT molecular complexity index is 907. The Kier molecular flexibility index (Phi) is 5.85. The Labute approximate surface area is 179 Å². The number of hydrogen-bond acceptors (Lipinski definition) is 4. The molecule has 0 aromatic heterocycles. The van der Waals surface area contributed by atoms with Gasteiger partial charge in [0, 0.05) is 40.9 Å². The van der Waals surface area contributed by atoms with Crippen molar-refractivity contribution in [3.05, 3.63) is 93.1 Å². The van der Waals surface area contributed by atoms with Crippen molar-refractivity contribution in [3.63, 3.8) is 0 Å². The molecule has 0 amide bonds. The zero-order chi connectivity index (χ0) is 19.5. The lowest BCUT2D eigenvalue weighted by Gasteiger charge is -2.31. The van der Waals surface area contributed by atoms with Crippen LogP contribution < -0.4 is 0 Å². The van der Waals surface area contributed by atoms with E-state index in [4.69, 9.17) is 0 Å². The average molecular weight is 486 g/mol. The second-order valence-corrected chi connectivity index (χ2v) is 8.37. The summed E-state index contributed by atoms with van der Waals surface area (Å²) >= 11 is 2.35. The molecule has 1 heterocycles. The fraction of sp³-hybridized carbons (Fsp3) is 0.217. The quantitative estimate of drug-likeness (QED) is 0.513. The van der Waals surface area contributed by atoms with Gasteiger partial charge < -0.3 is 10.2 Å². The summed E-state index contributed by atoms with van der Waals surface area (Å²) in [6.07, 6.45) is 0.0916. The Morgan fingerprint density at radius 2 is 1.29 bits per heavy atom. The molecule has 1 aliphatic rings. The molecule has 1 aliphatic heterocycles. The van der Waals surface area contributed by atoms with Crippen molar-refractivity contribution < 1.29 is 10.2 Å². The van der Waals surface area contributed by atoms with E-state index in [9.17, 15) is 10.2 Å². The molecule has 0 atom stereocenters. The van der Waals surface area contributed by atoms with E-state index in [2.05, 4.69) is 56.7 Å². The van der Waals surface area contributed by atoms with Crippen molar-refractivity contribution >= 4 is 22.6 Å². The molecule has 3 aromatic carbocycles. The smallest absolute Gasteiger partial charge is 0.120 e. The van der Waals surface area contributed by atoms with E-state index in [1.165, 1.54) is 9.13 Å². The molecule has 5 heteroatoms. The molecule has 0 aliphatic carbocycles. The number of halogens is 1. The van der Waals surface area contributed by atoms with Crippen LogP contribution in [0.3, 0.4) is 0 Å². The second kappa shape index (κ2) is 8.51. The van der Waals surface area contributed by atoms with Crippen LogP contribution in [0.15, 0.2) is 72.8 Å². The first-order valence-electron chi connectivity index (χ1n) is 9.39. The molecule has 1 fully saturated rings. The molecular formula is C23H23IN2O2. The minimum absolute atomic E-state index is 0.0916. The molecule has 4 rings (SSSR count). The van der Waals surface area contributed by atoms with Crippen molar-refractivity contribution in [3.8, 4) is 11.5 Å². The van der Waals surface area contributed by atoms with Gasteiger partial charge in [-0.3, -0.25) is 9.80 Å². The molecule has 4 nitrogen and oxygen atoms in total. The van der Waals surface area contributed by atoms with E-state index < -0.39 is 0 Å². The fourth-order valence-electron chi connectivity index (χ4n) is 3.88. The maximum Gasteiger partial charge on any atom is 0.120 e. The first kappa shape index (κ1) is 19.2. The highest BCUT2D eigenvalue weighted by atomic mass is 127. The Morgan fingerprint density at radius 1 is 0.750 bits per heavy atom. The number of aromatic hydroxyl groups is 2. The van der Waals surface area contributed by atoms with Crippen molar-refractivity contribution in [2.24, 2.45) is 0 Å². The van der Waals surface area contributed by atoms with Crippen LogP contribution in [0.4, 0.5) is 0 Å². The van der Waals surface area contributed by atoms with E-state index in [1.807, 2.05) is 36.4 Å². The molecule has 3 aromatic rings. The van der Waals surface area contributed by atoms with Crippen LogP contribution in [-0.4, -0.2) is 33.1 Å². The number of phenolic OH excluding ortho intramolecular Hbond substituents is 2. The van der Waals surface area contributed by atoms with Crippen molar-refractivity contribution in [1.29, 1.82) is 0 Å². The van der Waals surface area contributed by atoms with E-state index in [1.54, 1.807) is 12.1 Å². The first-order chi connectivity index (χ1) is 13.6. The topological polar surface area (TPSA) is 46.9 Å². The fourth-order valence-corrected chi connectivity index (χ4v) is 4.45. The summed E-state index contributed by atoms with van der Waals surface area (Å²) in [6, 6.07) is 23.6. The van der Waals surface area contributed by atoms with Crippen LogP contribution in [0.1, 0.15) is 22.9 Å². The van der Waals surface area contributed by atoms with Crippen molar-refractivity contribution in [1.82, 2.24) is 9.80 Å². The number of phenols is 2. The molecule has 1 saturated heterocycles. The third-order valence-electron chi connectivity index (χ3n) is 5.24. The lowest BCUT2D eigenvalue weighted by Crippen LogP contribution is -2.30. The molecule has 28 heavy (non-hydrogen) atoms. The van der Waals surface area contributed by atoms with Gasteiger partial charge in [-0.25, -0.2) is 0 Å². The maximum absolute atomic E-state index is 10.2. The predicted octanol–water partition coefficient (Wildman–Crippen LogP) is 4.72. The minimum atomic E-state index is 0.0916. The summed E-state index contributed by atoms with van der Waals surface area (Å²) in [4.78, 5) is 4.78. The Morgan fingerprint density at radius 3 is 1.79 bits per heavy atom. The summed E-state index contributed by atoms with van der Waals surface area (Å²) in [5, 5.41) is 20.5. The molecule has 0 spiro atoms. The van der Waals surface area contributed by atoms with E-state index >= 15 is 0 Å². The molecule has 0 unspecified atom stereocenters. The van der Waals surface area contributed by atoms with Gasteiger partial charge in [0.15, 0.2) is 0 Å². The predicted molar refractivity (Wildman–Crippen MR) is 119 cm³/mol. The number of rotatable bonds is 5. The molecular weight excluding hydrogens is 463 g/mol. The number of hydrogen-bond donors (Lipinski definition) is 2. The summed E-state index contributed by atoms with van der Waals surface area (Å²) in [5.74, 6) is 0.672. The van der Waals surface area contributed by atoms with Gasteiger partial charge in [-0.2, -0.15) is 0 Å². The number of benzene rings is 3. The molecule has 144 valence electrons. The van der Waals surface area contributed by atoms with Crippen molar-refractivity contribution in [2.45, 2.75) is 19.3 Å². The van der Waals surface area contributed by atoms with Gasteiger partial charge in [0.25, 0.3) is 0 Å². The minimum Gasteiger partial charge on any atom is -0.508 e. The third-order valence-corrected chi connectivity index (χ3v) is 5.91. The highest BCUT2D eigenvalue weighted by Gasteiger charge is 2.33. The maximum atomic E-state index is 10.2. The normalized spacial score (nSPS) is 15.9. The van der Waals surface area contributed by atoms with Crippen LogP contribution >= 0.6 is 22.6 Å². The molecule has 2 N–H and O–H groups in total. The summed E-state index contributed by atoms with van der Waals surface area (Å²) < 4.78 is 1.20. The van der Waals surface area contributed by atoms with E-state index in [0.717, 1.165) is 24.2 Å². The third kappa shape index (κ3) is 4.16. The summed E-state index contributed by atoms with van der Waals surface area (Å²) in [7, 11) is 0. The standard InChI is InChI=1S/C23H23IN2O2/c24-20-9-5-8-17(14-20)23-25(15-18-6-1-3-10-21(18)27)12-13-26(23)16-19-7-2-4-11-22(19)28/h1-11,14,23,27-28H,12-13,15-16H2. The van der Waals surface area contributed by atoms with Crippen LogP contribution in [0.5, 0.6) is 11.5 Å². The largest absolute Gasteiger partial charge is 0.508 e. The molecule has 0 radical (unpaired) electrons. The molecule has 0 saturated carbocycles. The lowest BCUT2D eigenvalue weighted by atomic mass is 10.1. The number of nitrogens with zero attached hydrogens (tertiary/aromatic N) is 2. The van der Waals surface area contributed by atoms with Gasteiger partial charge in [-0.15, -0.1) is 0 Å². The highest BCUT2D eigenvalue weighted by molar-refractivity contribution is 14.1. The van der Waals surface area contributed by atoms with Gasteiger partial charge in [-0.05, 0) is 52.4 Å². The van der Waals surface area contributed by atoms with E-state index in [-0.39, 0.29) is 6.17 Å². The van der Waals surface area contributed by atoms with Crippen LogP contribution in [-0.2, 0) is 13.1 Å². The number of para-hydroxylation sites is 2. The van der Waals surface area contributed by atoms with Gasteiger partial charge in [-0.1, -0.05) is 48.5 Å². The highest BCUT2D eigenvalue weighted by Crippen LogP contribution is 2.35. The SMILES string of the molecule is Oc1ccccc1CN1CCN(Cc2ccccc2O)C1c1cccc(I)c1. The van der Waals surface area contributed by atoms with Crippen LogP contribution in [0, 0.1) is 3.57 Å². The Hall–Kier alpha value is -2.09. The van der Waals surface area contributed by atoms with Crippen LogP contribution in [0.2, 0.25) is 0 Å². The Balaban J connectivity index is 1.65. The first-order valence-corrected chi connectivity index (χ1v) is 10.5. The van der Waals surface area contributed by atoms with Gasteiger partial charge in [0.05, 0.1) is 6.17 Å². The average Bonchev–Trinajstić information content (AvgIpc) is 3.08.